The largest absolute Gasteiger partial charge is 0.481 e. The topological polar surface area (TPSA) is 80.2 Å². The van der Waals surface area contributed by atoms with Crippen LogP contribution in [0.1, 0.15) is 35.3 Å². The van der Waals surface area contributed by atoms with Crippen molar-refractivity contribution < 1.29 is 9.53 Å². The Kier molecular flexibility index (Phi) is 5.20. The van der Waals surface area contributed by atoms with Crippen LogP contribution in [0.2, 0.25) is 0 Å². The summed E-state index contributed by atoms with van der Waals surface area (Å²) in [6.07, 6.45) is 6.71. The van der Waals surface area contributed by atoms with Gasteiger partial charge in [-0.3, -0.25) is 4.79 Å². The fourth-order valence-corrected chi connectivity index (χ4v) is 2.68. The van der Waals surface area contributed by atoms with Crippen molar-refractivity contribution in [1.29, 1.82) is 0 Å². The summed E-state index contributed by atoms with van der Waals surface area (Å²) < 4.78 is 5.01. The number of anilines is 1. The zero-order valence-corrected chi connectivity index (χ0v) is 13.7. The van der Waals surface area contributed by atoms with Gasteiger partial charge in [-0.1, -0.05) is 6.07 Å². The third-order valence-electron chi connectivity index (χ3n) is 4.03. The average Bonchev–Trinajstić information content (AvgIpc) is 2.67. The van der Waals surface area contributed by atoms with E-state index < -0.39 is 0 Å². The number of aromatic nitrogens is 3. The number of amides is 1. The van der Waals surface area contributed by atoms with E-state index in [0.717, 1.165) is 37.3 Å². The number of pyridine rings is 1. The predicted octanol–water partition coefficient (Wildman–Crippen LogP) is 1.80. The molecule has 3 heterocycles. The fourth-order valence-electron chi connectivity index (χ4n) is 2.68. The molecule has 1 aliphatic heterocycles. The number of nitrogens with one attached hydrogen (secondary N) is 1. The number of ether oxygens (including phenoxy) is 1. The van der Waals surface area contributed by atoms with Gasteiger partial charge in [-0.25, -0.2) is 15.0 Å². The summed E-state index contributed by atoms with van der Waals surface area (Å²) in [5, 5.41) is 2.85. The highest BCUT2D eigenvalue weighted by atomic mass is 16.5. The Bertz CT molecular complexity index is 684. The van der Waals surface area contributed by atoms with Crippen molar-refractivity contribution in [2.75, 3.05) is 25.1 Å². The van der Waals surface area contributed by atoms with Gasteiger partial charge in [0.15, 0.2) is 0 Å². The smallest absolute Gasteiger partial charge is 0.270 e. The number of nitrogens with zero attached hydrogens (tertiary/aromatic N) is 4. The lowest BCUT2D eigenvalue weighted by Gasteiger charge is -2.27. The summed E-state index contributed by atoms with van der Waals surface area (Å²) in [7, 11) is 1.57. The van der Waals surface area contributed by atoms with Gasteiger partial charge < -0.3 is 15.0 Å². The fraction of sp³-hybridized carbons (Fsp3) is 0.412. The van der Waals surface area contributed by atoms with Crippen molar-refractivity contribution in [3.63, 3.8) is 0 Å². The van der Waals surface area contributed by atoms with Crippen molar-refractivity contribution in [1.82, 2.24) is 20.3 Å². The Labute approximate surface area is 141 Å². The highest BCUT2D eigenvalue weighted by Crippen LogP contribution is 2.17. The number of piperidine rings is 1. The lowest BCUT2D eigenvalue weighted by Crippen LogP contribution is -2.31. The molecular weight excluding hydrogens is 306 g/mol. The van der Waals surface area contributed by atoms with Crippen molar-refractivity contribution in [2.24, 2.45) is 0 Å². The van der Waals surface area contributed by atoms with E-state index in [4.69, 9.17) is 4.74 Å². The lowest BCUT2D eigenvalue weighted by atomic mass is 10.1. The summed E-state index contributed by atoms with van der Waals surface area (Å²) in [5.41, 5.74) is 1.28. The number of carbonyl (C=O) groups excluding carboxylic acids is 1. The van der Waals surface area contributed by atoms with Gasteiger partial charge in [0.1, 0.15) is 17.8 Å². The van der Waals surface area contributed by atoms with Gasteiger partial charge in [0.25, 0.3) is 5.91 Å². The zero-order chi connectivity index (χ0) is 16.8. The molecule has 7 nitrogen and oxygen atoms in total. The number of hydrogen-bond acceptors (Lipinski definition) is 6. The number of hydrogen-bond donors (Lipinski definition) is 1. The molecule has 1 aliphatic rings. The Morgan fingerprint density at radius 1 is 1.21 bits per heavy atom. The van der Waals surface area contributed by atoms with Crippen LogP contribution in [0.5, 0.6) is 5.88 Å². The maximum absolute atomic E-state index is 12.3. The van der Waals surface area contributed by atoms with E-state index in [-0.39, 0.29) is 5.91 Å². The van der Waals surface area contributed by atoms with Crippen LogP contribution in [0.4, 0.5) is 5.82 Å². The molecule has 0 unspecified atom stereocenters. The summed E-state index contributed by atoms with van der Waals surface area (Å²) in [6.45, 7) is 2.35. The van der Waals surface area contributed by atoms with E-state index in [1.165, 1.54) is 12.7 Å². The van der Waals surface area contributed by atoms with Crippen LogP contribution < -0.4 is 15.0 Å². The molecule has 7 heteroatoms. The van der Waals surface area contributed by atoms with Crippen LogP contribution in [0.3, 0.4) is 0 Å². The van der Waals surface area contributed by atoms with E-state index in [9.17, 15) is 4.79 Å². The molecule has 2 aromatic heterocycles. The molecule has 126 valence electrons. The van der Waals surface area contributed by atoms with Gasteiger partial charge in [0.2, 0.25) is 5.88 Å². The molecule has 3 rings (SSSR count). The Hall–Kier alpha value is -2.70. The molecule has 0 bridgehead atoms. The Morgan fingerprint density at radius 2 is 2.04 bits per heavy atom. The maximum Gasteiger partial charge on any atom is 0.270 e. The zero-order valence-electron chi connectivity index (χ0n) is 13.7. The van der Waals surface area contributed by atoms with E-state index >= 15 is 0 Å². The molecule has 0 aliphatic carbocycles. The molecule has 2 aromatic rings. The highest BCUT2D eigenvalue weighted by molar-refractivity contribution is 5.92. The SMILES string of the molecule is COc1ccc(CNC(=O)c2cc(N3CCCCC3)ncn2)cn1. The molecular formula is C17H21N5O2. The molecule has 1 fully saturated rings. The summed E-state index contributed by atoms with van der Waals surface area (Å²) >= 11 is 0. The quantitative estimate of drug-likeness (QED) is 0.902. The minimum absolute atomic E-state index is 0.216. The van der Waals surface area contributed by atoms with E-state index in [2.05, 4.69) is 25.2 Å². The first-order valence-electron chi connectivity index (χ1n) is 8.10. The van der Waals surface area contributed by atoms with Crippen LogP contribution in [-0.4, -0.2) is 41.1 Å². The minimum Gasteiger partial charge on any atom is -0.481 e. The molecule has 0 spiro atoms. The second kappa shape index (κ2) is 7.72. The van der Waals surface area contributed by atoms with Gasteiger partial charge in [-0.15, -0.1) is 0 Å². The molecule has 0 saturated carbocycles. The molecule has 24 heavy (non-hydrogen) atoms. The first-order valence-corrected chi connectivity index (χ1v) is 8.10. The third-order valence-corrected chi connectivity index (χ3v) is 4.03. The van der Waals surface area contributed by atoms with Gasteiger partial charge in [0.05, 0.1) is 7.11 Å². The number of carbonyl (C=O) groups is 1. The first kappa shape index (κ1) is 16.2. The van der Waals surface area contributed by atoms with Crippen LogP contribution in [0.15, 0.2) is 30.7 Å². The van der Waals surface area contributed by atoms with Crippen molar-refractivity contribution >= 4 is 11.7 Å². The number of methoxy groups -OCH3 is 1. The van der Waals surface area contributed by atoms with Crippen LogP contribution in [-0.2, 0) is 6.54 Å². The van der Waals surface area contributed by atoms with Crippen LogP contribution >= 0.6 is 0 Å². The number of rotatable bonds is 5. The van der Waals surface area contributed by atoms with E-state index in [1.54, 1.807) is 25.4 Å². The molecule has 1 N–H and O–H groups in total. The molecule has 1 saturated heterocycles. The third kappa shape index (κ3) is 3.98. The van der Waals surface area contributed by atoms with E-state index in [1.807, 2.05) is 6.07 Å². The van der Waals surface area contributed by atoms with Gasteiger partial charge in [-0.2, -0.15) is 0 Å². The summed E-state index contributed by atoms with van der Waals surface area (Å²) in [6, 6.07) is 5.39. The molecule has 0 radical (unpaired) electrons. The van der Waals surface area contributed by atoms with Crippen molar-refractivity contribution in [2.45, 2.75) is 25.8 Å². The highest BCUT2D eigenvalue weighted by Gasteiger charge is 2.15. The van der Waals surface area contributed by atoms with Crippen molar-refractivity contribution in [3.05, 3.63) is 42.0 Å². The standard InChI is InChI=1S/C17H21N5O2/c1-24-16-6-5-13(10-18-16)11-19-17(23)14-9-15(21-12-20-14)22-7-3-2-4-8-22/h5-6,9-10,12H,2-4,7-8,11H2,1H3,(H,19,23). The molecule has 0 atom stereocenters. The Morgan fingerprint density at radius 3 is 2.75 bits per heavy atom. The second-order valence-corrected chi connectivity index (χ2v) is 5.70. The second-order valence-electron chi connectivity index (χ2n) is 5.70. The maximum atomic E-state index is 12.3. The summed E-state index contributed by atoms with van der Waals surface area (Å²) in [5.74, 6) is 1.15. The monoisotopic (exact) mass is 327 g/mol. The van der Waals surface area contributed by atoms with Gasteiger partial charge in [0, 0.05) is 38.0 Å². The van der Waals surface area contributed by atoms with E-state index in [0.29, 0.717) is 18.1 Å². The summed E-state index contributed by atoms with van der Waals surface area (Å²) in [4.78, 5) is 27.0. The Balaban J connectivity index is 1.61. The van der Waals surface area contributed by atoms with Gasteiger partial charge >= 0.3 is 0 Å². The van der Waals surface area contributed by atoms with Gasteiger partial charge in [-0.05, 0) is 24.8 Å². The first-order chi connectivity index (χ1) is 11.8. The van der Waals surface area contributed by atoms with Crippen LogP contribution in [0.25, 0.3) is 0 Å². The molecule has 1 amide bonds. The lowest BCUT2D eigenvalue weighted by molar-refractivity contribution is 0.0945. The van der Waals surface area contributed by atoms with Crippen LogP contribution in [0, 0.1) is 0 Å². The predicted molar refractivity (Wildman–Crippen MR) is 90.1 cm³/mol. The minimum atomic E-state index is -0.216. The normalized spacial score (nSPS) is 14.3. The average molecular weight is 327 g/mol. The van der Waals surface area contributed by atoms with Crippen molar-refractivity contribution in [3.8, 4) is 5.88 Å². The molecule has 0 aromatic carbocycles.